The lowest BCUT2D eigenvalue weighted by Crippen LogP contribution is -2.34. The van der Waals surface area contributed by atoms with E-state index in [0.717, 1.165) is 24.1 Å². The molecule has 3 nitrogen and oxygen atoms in total. The molecule has 0 saturated carbocycles. The maximum atomic E-state index is 13.2. The lowest BCUT2D eigenvalue weighted by molar-refractivity contribution is -0.133. The van der Waals surface area contributed by atoms with Gasteiger partial charge >= 0.3 is 0 Å². The van der Waals surface area contributed by atoms with Gasteiger partial charge in [-0.2, -0.15) is 0 Å². The van der Waals surface area contributed by atoms with Crippen LogP contribution < -0.4 is 0 Å². The van der Waals surface area contributed by atoms with Crippen molar-refractivity contribution in [3.05, 3.63) is 71.5 Å². The first-order valence-corrected chi connectivity index (χ1v) is 7.83. The van der Waals surface area contributed by atoms with Gasteiger partial charge in [-0.1, -0.05) is 42.5 Å². The molecule has 4 heteroatoms. The van der Waals surface area contributed by atoms with Crippen molar-refractivity contribution < 1.29 is 13.9 Å². The van der Waals surface area contributed by atoms with Crippen LogP contribution >= 0.6 is 0 Å². The number of methoxy groups -OCH3 is 1. The average Bonchev–Trinajstić information content (AvgIpc) is 3.00. The van der Waals surface area contributed by atoms with Crippen LogP contribution in [0, 0.1) is 5.82 Å². The standard InChI is InChI=1S/C19H20FNO2/c1-23-19(15-9-11-16(20)12-10-15)18(14-6-3-2-4-7-14)21-13-5-8-17(21)22/h2-4,6-7,9-12,18-19H,5,8,13H2,1H3/t18-,19+/m1/s1. The van der Waals surface area contributed by atoms with E-state index in [1.54, 1.807) is 19.2 Å². The molecule has 0 aromatic heterocycles. The molecule has 1 saturated heterocycles. The number of nitrogens with zero attached hydrogens (tertiary/aromatic N) is 1. The number of halogens is 1. The normalized spacial score (nSPS) is 17.3. The molecule has 1 aliphatic heterocycles. The Bertz CT molecular complexity index is 657. The van der Waals surface area contributed by atoms with Crippen LogP contribution in [0.3, 0.4) is 0 Å². The first-order chi connectivity index (χ1) is 11.2. The second-order valence-corrected chi connectivity index (χ2v) is 5.75. The van der Waals surface area contributed by atoms with Gasteiger partial charge in [0.15, 0.2) is 0 Å². The number of rotatable bonds is 5. The van der Waals surface area contributed by atoms with E-state index in [1.807, 2.05) is 35.2 Å². The van der Waals surface area contributed by atoms with Crippen molar-refractivity contribution in [1.82, 2.24) is 4.90 Å². The smallest absolute Gasteiger partial charge is 0.223 e. The molecule has 2 aromatic carbocycles. The molecule has 1 aliphatic rings. The molecule has 0 aliphatic carbocycles. The first kappa shape index (κ1) is 15.7. The van der Waals surface area contributed by atoms with Crippen LogP contribution in [0.2, 0.25) is 0 Å². The Morgan fingerprint density at radius 3 is 2.30 bits per heavy atom. The Kier molecular flexibility index (Phi) is 4.72. The summed E-state index contributed by atoms with van der Waals surface area (Å²) in [5.74, 6) is -0.139. The fraction of sp³-hybridized carbons (Fsp3) is 0.316. The zero-order chi connectivity index (χ0) is 16.2. The van der Waals surface area contributed by atoms with Crippen molar-refractivity contribution in [2.24, 2.45) is 0 Å². The van der Waals surface area contributed by atoms with Gasteiger partial charge in [0.25, 0.3) is 0 Å². The summed E-state index contributed by atoms with van der Waals surface area (Å²) in [5, 5.41) is 0. The van der Waals surface area contributed by atoms with Crippen LogP contribution in [-0.2, 0) is 9.53 Å². The molecule has 0 radical (unpaired) electrons. The zero-order valence-electron chi connectivity index (χ0n) is 13.1. The molecule has 2 aromatic rings. The van der Waals surface area contributed by atoms with Crippen LogP contribution in [0.1, 0.15) is 36.1 Å². The Morgan fingerprint density at radius 2 is 1.74 bits per heavy atom. The molecule has 2 atom stereocenters. The Morgan fingerprint density at radius 1 is 1.04 bits per heavy atom. The van der Waals surface area contributed by atoms with Crippen molar-refractivity contribution in [3.63, 3.8) is 0 Å². The Balaban J connectivity index is 2.02. The second-order valence-electron chi connectivity index (χ2n) is 5.75. The number of amides is 1. The maximum Gasteiger partial charge on any atom is 0.223 e. The van der Waals surface area contributed by atoms with Gasteiger partial charge in [-0.25, -0.2) is 4.39 Å². The highest BCUT2D eigenvalue weighted by Gasteiger charge is 2.35. The molecule has 1 amide bonds. The van der Waals surface area contributed by atoms with Crippen molar-refractivity contribution in [2.75, 3.05) is 13.7 Å². The number of benzene rings is 2. The van der Waals surface area contributed by atoms with Crippen molar-refractivity contribution >= 4 is 5.91 Å². The summed E-state index contributed by atoms with van der Waals surface area (Å²) < 4.78 is 19.0. The predicted molar refractivity (Wildman–Crippen MR) is 86.3 cm³/mol. The van der Waals surface area contributed by atoms with E-state index in [1.165, 1.54) is 12.1 Å². The van der Waals surface area contributed by atoms with Crippen LogP contribution in [0.25, 0.3) is 0 Å². The lowest BCUT2D eigenvalue weighted by Gasteiger charge is -2.34. The highest BCUT2D eigenvalue weighted by Crippen LogP contribution is 2.38. The molecule has 0 unspecified atom stereocenters. The van der Waals surface area contributed by atoms with Crippen LogP contribution in [0.15, 0.2) is 54.6 Å². The molecule has 3 rings (SSSR count). The molecule has 1 fully saturated rings. The van der Waals surface area contributed by atoms with Gasteiger partial charge in [-0.05, 0) is 29.7 Å². The van der Waals surface area contributed by atoms with E-state index in [0.29, 0.717) is 6.42 Å². The van der Waals surface area contributed by atoms with E-state index < -0.39 is 0 Å². The van der Waals surface area contributed by atoms with Crippen LogP contribution in [0.4, 0.5) is 4.39 Å². The summed E-state index contributed by atoms with van der Waals surface area (Å²) in [5.41, 5.74) is 1.89. The van der Waals surface area contributed by atoms with Gasteiger partial charge < -0.3 is 9.64 Å². The number of carbonyl (C=O) groups is 1. The van der Waals surface area contributed by atoms with Crippen molar-refractivity contribution in [1.29, 1.82) is 0 Å². The summed E-state index contributed by atoms with van der Waals surface area (Å²) in [7, 11) is 1.63. The number of ether oxygens (including phenoxy) is 1. The van der Waals surface area contributed by atoms with Gasteiger partial charge in [0, 0.05) is 20.1 Å². The SMILES string of the molecule is CO[C@@H](c1ccc(F)cc1)[C@@H](c1ccccc1)N1CCCC1=O. The molecule has 0 spiro atoms. The van der Waals surface area contributed by atoms with Crippen LogP contribution in [0.5, 0.6) is 0 Å². The van der Waals surface area contributed by atoms with E-state index in [2.05, 4.69) is 0 Å². The van der Waals surface area contributed by atoms with Crippen LogP contribution in [-0.4, -0.2) is 24.5 Å². The lowest BCUT2D eigenvalue weighted by atomic mass is 9.94. The number of likely N-dealkylation sites (tertiary alicyclic amines) is 1. The summed E-state index contributed by atoms with van der Waals surface area (Å²) >= 11 is 0. The molecular weight excluding hydrogens is 293 g/mol. The Hall–Kier alpha value is -2.20. The minimum absolute atomic E-state index is 0.142. The molecule has 1 heterocycles. The van der Waals surface area contributed by atoms with Crippen molar-refractivity contribution in [3.8, 4) is 0 Å². The molecule has 0 N–H and O–H groups in total. The third-order valence-corrected chi connectivity index (χ3v) is 4.33. The fourth-order valence-corrected chi connectivity index (χ4v) is 3.23. The summed E-state index contributed by atoms with van der Waals surface area (Å²) in [6, 6.07) is 16.0. The zero-order valence-corrected chi connectivity index (χ0v) is 13.1. The summed E-state index contributed by atoms with van der Waals surface area (Å²) in [4.78, 5) is 14.2. The van der Waals surface area contributed by atoms with Gasteiger partial charge in [-0.15, -0.1) is 0 Å². The molecular formula is C19H20FNO2. The second kappa shape index (κ2) is 6.92. The minimum Gasteiger partial charge on any atom is -0.374 e. The molecule has 0 bridgehead atoms. The van der Waals surface area contributed by atoms with E-state index in [4.69, 9.17) is 4.74 Å². The summed E-state index contributed by atoms with van der Waals surface area (Å²) in [6.45, 7) is 0.722. The monoisotopic (exact) mass is 313 g/mol. The average molecular weight is 313 g/mol. The number of carbonyl (C=O) groups excluding carboxylic acids is 1. The van der Waals surface area contributed by atoms with Gasteiger partial charge in [0.05, 0.1) is 6.04 Å². The topological polar surface area (TPSA) is 29.5 Å². The quantitative estimate of drug-likeness (QED) is 0.838. The van der Waals surface area contributed by atoms with E-state index >= 15 is 0 Å². The largest absolute Gasteiger partial charge is 0.374 e. The first-order valence-electron chi connectivity index (χ1n) is 7.83. The summed E-state index contributed by atoms with van der Waals surface area (Å²) in [6.07, 6.45) is 1.10. The third kappa shape index (κ3) is 3.27. The fourth-order valence-electron chi connectivity index (χ4n) is 3.23. The minimum atomic E-state index is -0.333. The number of hydrogen-bond donors (Lipinski definition) is 0. The molecule has 120 valence electrons. The predicted octanol–water partition coefficient (Wildman–Crippen LogP) is 3.88. The van der Waals surface area contributed by atoms with Gasteiger partial charge in [-0.3, -0.25) is 4.79 Å². The highest BCUT2D eigenvalue weighted by atomic mass is 19.1. The van der Waals surface area contributed by atoms with Crippen molar-refractivity contribution in [2.45, 2.75) is 25.0 Å². The van der Waals surface area contributed by atoms with Gasteiger partial charge in [0.1, 0.15) is 11.9 Å². The number of hydrogen-bond acceptors (Lipinski definition) is 2. The van der Waals surface area contributed by atoms with E-state index in [9.17, 15) is 9.18 Å². The van der Waals surface area contributed by atoms with Gasteiger partial charge in [0.2, 0.25) is 5.91 Å². The highest BCUT2D eigenvalue weighted by molar-refractivity contribution is 5.78. The van der Waals surface area contributed by atoms with E-state index in [-0.39, 0.29) is 23.9 Å². The third-order valence-electron chi connectivity index (χ3n) is 4.33. The maximum absolute atomic E-state index is 13.2. The Labute approximate surface area is 135 Å². The molecule has 23 heavy (non-hydrogen) atoms.